The van der Waals surface area contributed by atoms with Crippen LogP contribution < -0.4 is 5.32 Å². The molecule has 2 rings (SSSR count). The van der Waals surface area contributed by atoms with Gasteiger partial charge < -0.3 is 10.1 Å². The van der Waals surface area contributed by atoms with E-state index in [1.54, 1.807) is 7.11 Å². The molecule has 1 aromatic rings. The third kappa shape index (κ3) is 3.31. The molecule has 2 unspecified atom stereocenters. The van der Waals surface area contributed by atoms with E-state index in [0.29, 0.717) is 6.04 Å². The van der Waals surface area contributed by atoms with E-state index >= 15 is 0 Å². The number of hydrogen-bond donors (Lipinski definition) is 1. The number of fused-ring (bicyclic) bond motifs is 1. The maximum Gasteiger partial charge on any atom is 0.0594 e. The Morgan fingerprint density at radius 2 is 2.10 bits per heavy atom. The summed E-state index contributed by atoms with van der Waals surface area (Å²) < 4.78 is 5.53. The third-order valence-corrected chi connectivity index (χ3v) is 4.17. The molecule has 1 aliphatic carbocycles. The second kappa shape index (κ2) is 7.05. The van der Waals surface area contributed by atoms with Crippen LogP contribution in [0.3, 0.4) is 0 Å². The molecule has 1 aromatic carbocycles. The van der Waals surface area contributed by atoms with Crippen LogP contribution in [0.25, 0.3) is 6.08 Å². The minimum Gasteiger partial charge on any atom is -0.383 e. The zero-order chi connectivity index (χ0) is 14.4. The molecule has 0 saturated heterocycles. The van der Waals surface area contributed by atoms with Gasteiger partial charge in [0.15, 0.2) is 0 Å². The second-order valence-corrected chi connectivity index (χ2v) is 5.92. The lowest BCUT2D eigenvalue weighted by Crippen LogP contribution is -2.38. The van der Waals surface area contributed by atoms with Gasteiger partial charge in [0.25, 0.3) is 0 Å². The van der Waals surface area contributed by atoms with E-state index in [-0.39, 0.29) is 5.41 Å². The van der Waals surface area contributed by atoms with Crippen molar-refractivity contribution in [1.82, 2.24) is 5.32 Å². The highest BCUT2D eigenvalue weighted by Crippen LogP contribution is 2.39. The predicted molar refractivity (Wildman–Crippen MR) is 86.0 cm³/mol. The Morgan fingerprint density at radius 3 is 2.85 bits per heavy atom. The predicted octanol–water partition coefficient (Wildman–Crippen LogP) is 3.77. The van der Waals surface area contributed by atoms with Crippen LogP contribution in [0.2, 0.25) is 0 Å². The zero-order valence-electron chi connectivity index (χ0n) is 13.0. The summed E-state index contributed by atoms with van der Waals surface area (Å²) in [6, 6.07) is 9.17. The standard InChI is InChI=1S/C18H27NO/c1-4-5-12-19-15(2)13-18(14-20-3)11-10-16-8-6-7-9-17(16)18/h6-11,15,19H,4-5,12-14H2,1-3H3. The van der Waals surface area contributed by atoms with Crippen LogP contribution in [0.1, 0.15) is 44.2 Å². The molecule has 0 amide bonds. The van der Waals surface area contributed by atoms with Crippen LogP contribution >= 0.6 is 0 Å². The van der Waals surface area contributed by atoms with Gasteiger partial charge in [0.1, 0.15) is 0 Å². The van der Waals surface area contributed by atoms with Crippen molar-refractivity contribution in [2.75, 3.05) is 20.3 Å². The van der Waals surface area contributed by atoms with E-state index in [2.05, 4.69) is 55.6 Å². The fourth-order valence-corrected chi connectivity index (χ4v) is 3.20. The number of benzene rings is 1. The first-order valence-electron chi connectivity index (χ1n) is 7.73. The summed E-state index contributed by atoms with van der Waals surface area (Å²) >= 11 is 0. The Kier molecular flexibility index (Phi) is 5.38. The highest BCUT2D eigenvalue weighted by Gasteiger charge is 2.35. The Balaban J connectivity index is 2.10. The molecule has 0 heterocycles. The highest BCUT2D eigenvalue weighted by atomic mass is 16.5. The molecular formula is C18H27NO. The van der Waals surface area contributed by atoms with Gasteiger partial charge in [-0.2, -0.15) is 0 Å². The van der Waals surface area contributed by atoms with Gasteiger partial charge in [0.2, 0.25) is 0 Å². The van der Waals surface area contributed by atoms with E-state index in [1.165, 1.54) is 24.0 Å². The Labute approximate surface area is 123 Å². The molecule has 0 aromatic heterocycles. The number of methoxy groups -OCH3 is 1. The van der Waals surface area contributed by atoms with Crippen molar-refractivity contribution < 1.29 is 4.74 Å². The highest BCUT2D eigenvalue weighted by molar-refractivity contribution is 5.65. The molecular weight excluding hydrogens is 246 g/mol. The van der Waals surface area contributed by atoms with Crippen LogP contribution in [0.5, 0.6) is 0 Å². The lowest BCUT2D eigenvalue weighted by Gasteiger charge is -2.32. The van der Waals surface area contributed by atoms with Crippen molar-refractivity contribution in [3.8, 4) is 0 Å². The molecule has 0 bridgehead atoms. The smallest absolute Gasteiger partial charge is 0.0594 e. The molecule has 0 aliphatic heterocycles. The topological polar surface area (TPSA) is 21.3 Å². The van der Waals surface area contributed by atoms with Crippen LogP contribution in [0, 0.1) is 0 Å². The van der Waals surface area contributed by atoms with Crippen molar-refractivity contribution in [2.45, 2.75) is 44.6 Å². The second-order valence-electron chi connectivity index (χ2n) is 5.92. The summed E-state index contributed by atoms with van der Waals surface area (Å²) in [6.45, 7) is 6.36. The maximum absolute atomic E-state index is 5.53. The fraction of sp³-hybridized carbons (Fsp3) is 0.556. The average molecular weight is 273 g/mol. The maximum atomic E-state index is 5.53. The van der Waals surface area contributed by atoms with Crippen LogP contribution in [0.4, 0.5) is 0 Å². The molecule has 1 aliphatic rings. The molecule has 0 radical (unpaired) electrons. The molecule has 2 nitrogen and oxygen atoms in total. The van der Waals surface area contributed by atoms with Crippen molar-refractivity contribution in [1.29, 1.82) is 0 Å². The molecule has 2 heteroatoms. The van der Waals surface area contributed by atoms with Crippen molar-refractivity contribution in [3.05, 3.63) is 41.5 Å². The molecule has 0 fully saturated rings. The van der Waals surface area contributed by atoms with Gasteiger partial charge in [-0.3, -0.25) is 0 Å². The van der Waals surface area contributed by atoms with E-state index in [1.807, 2.05) is 0 Å². The number of rotatable bonds is 8. The van der Waals surface area contributed by atoms with Gasteiger partial charge in [-0.1, -0.05) is 49.8 Å². The summed E-state index contributed by atoms with van der Waals surface area (Å²) in [5, 5.41) is 3.63. The van der Waals surface area contributed by atoms with Gasteiger partial charge in [0, 0.05) is 18.6 Å². The molecule has 1 N–H and O–H groups in total. The van der Waals surface area contributed by atoms with E-state index in [9.17, 15) is 0 Å². The number of nitrogens with one attached hydrogen (secondary N) is 1. The number of unbranched alkanes of at least 4 members (excludes halogenated alkanes) is 1. The first kappa shape index (κ1) is 15.3. The Morgan fingerprint density at radius 1 is 1.30 bits per heavy atom. The summed E-state index contributed by atoms with van der Waals surface area (Å²) in [5.41, 5.74) is 2.78. The van der Waals surface area contributed by atoms with Gasteiger partial charge in [-0.15, -0.1) is 0 Å². The molecule has 0 saturated carbocycles. The summed E-state index contributed by atoms with van der Waals surface area (Å²) in [6.07, 6.45) is 8.14. The summed E-state index contributed by atoms with van der Waals surface area (Å²) in [4.78, 5) is 0. The fourth-order valence-electron chi connectivity index (χ4n) is 3.20. The molecule has 20 heavy (non-hydrogen) atoms. The van der Waals surface area contributed by atoms with Crippen molar-refractivity contribution in [3.63, 3.8) is 0 Å². The van der Waals surface area contributed by atoms with Gasteiger partial charge in [0.05, 0.1) is 6.61 Å². The SMILES string of the molecule is CCCCNC(C)CC1(COC)C=Cc2ccccc21. The average Bonchev–Trinajstić information content (AvgIpc) is 2.79. The van der Waals surface area contributed by atoms with Crippen molar-refractivity contribution in [2.24, 2.45) is 0 Å². The monoisotopic (exact) mass is 273 g/mol. The Bertz CT molecular complexity index is 454. The number of hydrogen-bond acceptors (Lipinski definition) is 2. The van der Waals surface area contributed by atoms with E-state index in [4.69, 9.17) is 4.74 Å². The van der Waals surface area contributed by atoms with Crippen molar-refractivity contribution >= 4 is 6.08 Å². The minimum atomic E-state index is 0.0317. The number of ether oxygens (including phenoxy) is 1. The molecule has 110 valence electrons. The summed E-state index contributed by atoms with van der Waals surface area (Å²) in [7, 11) is 1.80. The lowest BCUT2D eigenvalue weighted by atomic mass is 9.78. The van der Waals surface area contributed by atoms with Gasteiger partial charge in [-0.25, -0.2) is 0 Å². The zero-order valence-corrected chi connectivity index (χ0v) is 13.0. The first-order chi connectivity index (χ1) is 9.72. The van der Waals surface area contributed by atoms with Gasteiger partial charge >= 0.3 is 0 Å². The van der Waals surface area contributed by atoms with E-state index in [0.717, 1.165) is 19.6 Å². The largest absolute Gasteiger partial charge is 0.383 e. The molecule has 0 spiro atoms. The third-order valence-electron chi connectivity index (χ3n) is 4.17. The quantitative estimate of drug-likeness (QED) is 0.728. The lowest BCUT2D eigenvalue weighted by molar-refractivity contribution is 0.142. The van der Waals surface area contributed by atoms with Crippen LogP contribution in [-0.4, -0.2) is 26.3 Å². The minimum absolute atomic E-state index is 0.0317. The van der Waals surface area contributed by atoms with Crippen LogP contribution in [-0.2, 0) is 10.2 Å². The van der Waals surface area contributed by atoms with Crippen LogP contribution in [0.15, 0.2) is 30.3 Å². The Hall–Kier alpha value is -1.12. The molecule has 2 atom stereocenters. The van der Waals surface area contributed by atoms with Gasteiger partial charge in [-0.05, 0) is 37.4 Å². The summed E-state index contributed by atoms with van der Waals surface area (Å²) in [5.74, 6) is 0. The first-order valence-corrected chi connectivity index (χ1v) is 7.73. The van der Waals surface area contributed by atoms with E-state index < -0.39 is 0 Å². The normalized spacial score (nSPS) is 21.9.